The molecule has 0 aliphatic carbocycles. The fourth-order valence-electron chi connectivity index (χ4n) is 2.08. The number of rotatable bonds is 5. The highest BCUT2D eigenvalue weighted by molar-refractivity contribution is 7.98. The average Bonchev–Trinajstić information content (AvgIpc) is 2.63. The fourth-order valence-corrected chi connectivity index (χ4v) is 2.53. The summed E-state index contributed by atoms with van der Waals surface area (Å²) in [5.41, 5.74) is 0.701. The van der Waals surface area contributed by atoms with Gasteiger partial charge in [0.15, 0.2) is 0 Å². The quantitative estimate of drug-likeness (QED) is 0.543. The molecule has 7 heteroatoms. The number of aromatic nitrogens is 2. The van der Waals surface area contributed by atoms with Crippen molar-refractivity contribution in [2.75, 3.05) is 11.6 Å². The molecule has 0 aliphatic rings. The molecule has 0 aliphatic heterocycles. The molecule has 0 unspecified atom stereocenters. The molecule has 5 nitrogen and oxygen atoms in total. The second kappa shape index (κ2) is 7.76. The minimum atomic E-state index is -0.725. The molecule has 3 rings (SSSR count). The van der Waals surface area contributed by atoms with Crippen LogP contribution in [0.1, 0.15) is 10.4 Å². The fraction of sp³-hybridized carbons (Fsp3) is 0.0556. The number of pyridine rings is 2. The highest BCUT2D eigenvalue weighted by atomic mass is 32.2. The van der Waals surface area contributed by atoms with E-state index in [0.29, 0.717) is 11.4 Å². The maximum atomic E-state index is 13.6. The predicted octanol–water partition coefficient (Wildman–Crippen LogP) is 4.38. The second-order valence-corrected chi connectivity index (χ2v) is 5.84. The summed E-state index contributed by atoms with van der Waals surface area (Å²) >= 11 is 1.55. The van der Waals surface area contributed by atoms with Crippen LogP contribution in [0.3, 0.4) is 0 Å². The summed E-state index contributed by atoms with van der Waals surface area (Å²) in [6.07, 6.45) is 5.06. The third-order valence-corrected chi connectivity index (χ3v) is 3.99. The number of halogens is 1. The lowest BCUT2D eigenvalue weighted by Gasteiger charge is -2.11. The van der Waals surface area contributed by atoms with Gasteiger partial charge in [-0.25, -0.2) is 0 Å². The molecule has 126 valence electrons. The van der Waals surface area contributed by atoms with Gasteiger partial charge in [-0.2, -0.15) is 9.37 Å². The van der Waals surface area contributed by atoms with Crippen molar-refractivity contribution in [2.45, 2.75) is 4.90 Å². The van der Waals surface area contributed by atoms with Crippen LogP contribution in [0.25, 0.3) is 0 Å². The summed E-state index contributed by atoms with van der Waals surface area (Å²) in [6, 6.07) is 13.0. The number of ether oxygens (including phenoxy) is 1. The Hall–Kier alpha value is -2.93. The van der Waals surface area contributed by atoms with Crippen LogP contribution in [0.5, 0.6) is 11.6 Å². The lowest BCUT2D eigenvalue weighted by molar-refractivity contribution is 0.102. The molecule has 0 atom stereocenters. The third kappa shape index (κ3) is 4.33. The van der Waals surface area contributed by atoms with Crippen LogP contribution in [-0.4, -0.2) is 22.1 Å². The van der Waals surface area contributed by atoms with E-state index in [9.17, 15) is 9.18 Å². The van der Waals surface area contributed by atoms with Gasteiger partial charge in [-0.3, -0.25) is 9.78 Å². The number of amides is 1. The monoisotopic (exact) mass is 355 g/mol. The molecule has 1 amide bonds. The molecular formula is C18H14FN3O2S. The Labute approximate surface area is 148 Å². The van der Waals surface area contributed by atoms with E-state index in [1.807, 2.05) is 18.4 Å². The minimum Gasteiger partial charge on any atom is -0.438 e. The van der Waals surface area contributed by atoms with Crippen molar-refractivity contribution in [3.63, 3.8) is 0 Å². The zero-order chi connectivity index (χ0) is 17.6. The average molecular weight is 355 g/mol. The van der Waals surface area contributed by atoms with E-state index in [4.69, 9.17) is 4.74 Å². The molecule has 2 aromatic heterocycles. The topological polar surface area (TPSA) is 64.1 Å². The molecule has 1 N–H and O–H groups in total. The molecule has 0 radical (unpaired) electrons. The van der Waals surface area contributed by atoms with Gasteiger partial charge in [-0.15, -0.1) is 11.8 Å². The van der Waals surface area contributed by atoms with Gasteiger partial charge in [-0.05, 0) is 48.7 Å². The Morgan fingerprint density at radius 2 is 1.96 bits per heavy atom. The minimum absolute atomic E-state index is 0.0928. The smallest absolute Gasteiger partial charge is 0.261 e. The molecule has 0 bridgehead atoms. The maximum absolute atomic E-state index is 13.6. The Morgan fingerprint density at radius 1 is 1.16 bits per heavy atom. The molecule has 1 aromatic carbocycles. The van der Waals surface area contributed by atoms with Crippen molar-refractivity contribution >= 4 is 23.4 Å². The molecule has 2 heterocycles. The van der Waals surface area contributed by atoms with Crippen LogP contribution in [-0.2, 0) is 0 Å². The van der Waals surface area contributed by atoms with E-state index in [1.54, 1.807) is 48.4 Å². The van der Waals surface area contributed by atoms with Crippen LogP contribution in [0, 0.1) is 5.95 Å². The predicted molar refractivity (Wildman–Crippen MR) is 94.7 cm³/mol. The van der Waals surface area contributed by atoms with E-state index >= 15 is 0 Å². The first kappa shape index (κ1) is 16.9. The summed E-state index contributed by atoms with van der Waals surface area (Å²) in [5, 5.41) is 2.70. The zero-order valence-corrected chi connectivity index (χ0v) is 14.1. The summed E-state index contributed by atoms with van der Waals surface area (Å²) in [7, 11) is 0. The number of carbonyl (C=O) groups is 1. The summed E-state index contributed by atoms with van der Waals surface area (Å²) < 4.78 is 19.2. The van der Waals surface area contributed by atoms with Crippen molar-refractivity contribution in [3.05, 3.63) is 72.4 Å². The molecule has 0 saturated carbocycles. The third-order valence-electron chi connectivity index (χ3n) is 3.26. The number of nitrogens with one attached hydrogen (secondary N) is 1. The number of nitrogens with zero attached hydrogens (tertiary/aromatic N) is 2. The van der Waals surface area contributed by atoms with E-state index in [1.165, 1.54) is 6.07 Å². The van der Waals surface area contributed by atoms with Crippen LogP contribution in [0.15, 0.2) is 65.8 Å². The van der Waals surface area contributed by atoms with Gasteiger partial charge in [-0.1, -0.05) is 6.07 Å². The number of thioether (sulfide) groups is 1. The number of anilines is 1. The van der Waals surface area contributed by atoms with Gasteiger partial charge in [0.1, 0.15) is 11.3 Å². The number of carbonyl (C=O) groups excluding carboxylic acids is 1. The summed E-state index contributed by atoms with van der Waals surface area (Å²) in [5.74, 6) is -0.793. The molecule has 0 spiro atoms. The standard InChI is InChI=1S/C18H14FN3O2S/c1-25-14-4-2-3-13(11-14)24-18-15(5-6-16(19)22-18)17(23)21-12-7-9-20-10-8-12/h2-11H,1H3,(H,20,21,23). The lowest BCUT2D eigenvalue weighted by atomic mass is 10.2. The zero-order valence-electron chi connectivity index (χ0n) is 13.3. The molecule has 0 fully saturated rings. The molecule has 0 saturated heterocycles. The van der Waals surface area contributed by atoms with Crippen molar-refractivity contribution in [1.29, 1.82) is 0 Å². The summed E-state index contributed by atoms with van der Waals surface area (Å²) in [4.78, 5) is 21.1. The first-order valence-electron chi connectivity index (χ1n) is 7.35. The van der Waals surface area contributed by atoms with E-state index in [-0.39, 0.29) is 11.4 Å². The summed E-state index contributed by atoms with van der Waals surface area (Å²) in [6.45, 7) is 0. The van der Waals surface area contributed by atoms with Gasteiger partial charge in [0.2, 0.25) is 11.8 Å². The van der Waals surface area contributed by atoms with Crippen molar-refractivity contribution in [2.24, 2.45) is 0 Å². The van der Waals surface area contributed by atoms with Crippen molar-refractivity contribution in [1.82, 2.24) is 9.97 Å². The van der Waals surface area contributed by atoms with Crippen LogP contribution in [0.2, 0.25) is 0 Å². The van der Waals surface area contributed by atoms with Crippen molar-refractivity contribution < 1.29 is 13.9 Å². The van der Waals surface area contributed by atoms with Crippen LogP contribution < -0.4 is 10.1 Å². The van der Waals surface area contributed by atoms with E-state index in [0.717, 1.165) is 11.0 Å². The Balaban J connectivity index is 1.88. The van der Waals surface area contributed by atoms with E-state index in [2.05, 4.69) is 15.3 Å². The van der Waals surface area contributed by atoms with E-state index < -0.39 is 11.9 Å². The Morgan fingerprint density at radius 3 is 2.72 bits per heavy atom. The Kier molecular flexibility index (Phi) is 5.25. The lowest BCUT2D eigenvalue weighted by Crippen LogP contribution is -2.14. The SMILES string of the molecule is CSc1cccc(Oc2nc(F)ccc2C(=O)Nc2ccncc2)c1. The van der Waals surface area contributed by atoms with Crippen LogP contribution in [0.4, 0.5) is 10.1 Å². The first-order valence-corrected chi connectivity index (χ1v) is 8.58. The number of hydrogen-bond acceptors (Lipinski definition) is 5. The second-order valence-electron chi connectivity index (χ2n) is 4.96. The largest absolute Gasteiger partial charge is 0.438 e. The van der Waals surface area contributed by atoms with Gasteiger partial charge in [0.25, 0.3) is 5.91 Å². The molecule has 3 aromatic rings. The highest BCUT2D eigenvalue weighted by Crippen LogP contribution is 2.27. The molecule has 25 heavy (non-hydrogen) atoms. The maximum Gasteiger partial charge on any atom is 0.261 e. The van der Waals surface area contributed by atoms with Gasteiger partial charge in [0.05, 0.1) is 0 Å². The number of hydrogen-bond donors (Lipinski definition) is 1. The first-order chi connectivity index (χ1) is 12.2. The normalized spacial score (nSPS) is 10.3. The highest BCUT2D eigenvalue weighted by Gasteiger charge is 2.16. The van der Waals surface area contributed by atoms with Crippen molar-refractivity contribution in [3.8, 4) is 11.6 Å². The van der Waals surface area contributed by atoms with Crippen LogP contribution >= 0.6 is 11.8 Å². The van der Waals surface area contributed by atoms with Gasteiger partial charge >= 0.3 is 0 Å². The number of benzene rings is 1. The van der Waals surface area contributed by atoms with Gasteiger partial charge < -0.3 is 10.1 Å². The molecular weight excluding hydrogens is 341 g/mol. The Bertz CT molecular complexity index is 890. The van der Waals surface area contributed by atoms with Gasteiger partial charge in [0, 0.05) is 23.0 Å².